The molecule has 1 aliphatic heterocycles. The number of thiocarbonyl (C=S) groups is 1. The Morgan fingerprint density at radius 3 is 2.36 bits per heavy atom. The second-order valence-electron chi connectivity index (χ2n) is 9.06. The quantitative estimate of drug-likeness (QED) is 0.445. The van der Waals surface area contributed by atoms with Crippen LogP contribution < -0.4 is 14.8 Å². The van der Waals surface area contributed by atoms with Crippen LogP contribution in [0.1, 0.15) is 22.3 Å². The number of carbonyl (C=O) groups excluding carboxylic acids is 1. The molecule has 0 spiro atoms. The van der Waals surface area contributed by atoms with Crippen molar-refractivity contribution in [1.29, 1.82) is 0 Å². The summed E-state index contributed by atoms with van der Waals surface area (Å²) in [5.74, 6) is 0.830. The van der Waals surface area contributed by atoms with Crippen LogP contribution in [0.25, 0.3) is 0 Å². The van der Waals surface area contributed by atoms with Crippen LogP contribution in [0.5, 0.6) is 11.5 Å². The molecule has 188 valence electrons. The van der Waals surface area contributed by atoms with Gasteiger partial charge in [-0.25, -0.2) is 0 Å². The lowest BCUT2D eigenvalue weighted by Crippen LogP contribution is -2.48. The maximum Gasteiger partial charge on any atom is 0.262 e. The maximum atomic E-state index is 12.4. The Morgan fingerprint density at radius 2 is 1.67 bits per heavy atom. The first-order valence-electron chi connectivity index (χ1n) is 12.2. The molecule has 0 radical (unpaired) electrons. The molecule has 0 aromatic heterocycles. The molecule has 6 nitrogen and oxygen atoms in total. The highest BCUT2D eigenvalue weighted by atomic mass is 32.1. The van der Waals surface area contributed by atoms with Gasteiger partial charge in [-0.15, -0.1) is 0 Å². The van der Waals surface area contributed by atoms with Crippen molar-refractivity contribution in [2.45, 2.75) is 20.4 Å². The zero-order valence-electron chi connectivity index (χ0n) is 21.1. The molecule has 1 saturated heterocycles. The summed E-state index contributed by atoms with van der Waals surface area (Å²) in [4.78, 5) is 17.9. The molecule has 0 saturated carbocycles. The van der Waals surface area contributed by atoms with Gasteiger partial charge in [-0.1, -0.05) is 48.6 Å². The molecule has 0 aliphatic carbocycles. The number of amides is 1. The molecule has 36 heavy (non-hydrogen) atoms. The molecule has 3 aromatic carbocycles. The Hall–Kier alpha value is -3.42. The first kappa shape index (κ1) is 25.7. The molecule has 0 unspecified atom stereocenters. The third kappa shape index (κ3) is 6.62. The van der Waals surface area contributed by atoms with E-state index in [1.54, 1.807) is 7.11 Å². The van der Waals surface area contributed by atoms with Gasteiger partial charge in [-0.2, -0.15) is 0 Å². The molecule has 0 bridgehead atoms. The van der Waals surface area contributed by atoms with Gasteiger partial charge < -0.3 is 19.7 Å². The summed E-state index contributed by atoms with van der Waals surface area (Å²) in [6.07, 6.45) is 0. The highest BCUT2D eigenvalue weighted by Crippen LogP contribution is 2.29. The molecular weight excluding hydrogens is 470 g/mol. The smallest absolute Gasteiger partial charge is 0.262 e. The van der Waals surface area contributed by atoms with Crippen molar-refractivity contribution in [2.24, 2.45) is 0 Å². The van der Waals surface area contributed by atoms with Crippen LogP contribution in [0.2, 0.25) is 0 Å². The molecule has 0 atom stereocenters. The van der Waals surface area contributed by atoms with Gasteiger partial charge in [0.25, 0.3) is 5.91 Å². The van der Waals surface area contributed by atoms with E-state index >= 15 is 0 Å². The highest BCUT2D eigenvalue weighted by molar-refractivity contribution is 7.80. The summed E-state index contributed by atoms with van der Waals surface area (Å²) in [6.45, 7) is 8.58. The van der Waals surface area contributed by atoms with Gasteiger partial charge in [-0.05, 0) is 60.9 Å². The second-order valence-corrected chi connectivity index (χ2v) is 9.44. The number of hydrogen-bond donors (Lipinski definition) is 1. The maximum absolute atomic E-state index is 12.4. The Morgan fingerprint density at radius 1 is 0.917 bits per heavy atom. The van der Waals surface area contributed by atoms with Gasteiger partial charge >= 0.3 is 0 Å². The van der Waals surface area contributed by atoms with Gasteiger partial charge in [0.05, 0.1) is 7.11 Å². The number of hydrogen-bond acceptors (Lipinski definition) is 5. The lowest BCUT2D eigenvalue weighted by molar-refractivity contribution is -0.118. The number of nitrogens with zero attached hydrogens (tertiary/aromatic N) is 2. The molecular formula is C29H33N3O3S. The van der Waals surface area contributed by atoms with Gasteiger partial charge in [0.15, 0.2) is 18.1 Å². The Kier molecular flexibility index (Phi) is 8.57. The lowest BCUT2D eigenvalue weighted by Gasteiger charge is -2.36. The number of aryl methyl sites for hydroxylation is 2. The molecule has 1 amide bonds. The molecule has 1 heterocycles. The molecule has 4 rings (SSSR count). The first-order chi connectivity index (χ1) is 17.4. The Bertz CT molecular complexity index is 1210. The van der Waals surface area contributed by atoms with E-state index in [0.29, 0.717) is 11.5 Å². The molecule has 3 aromatic rings. The third-order valence-corrected chi connectivity index (χ3v) is 6.96. The minimum atomic E-state index is -0.228. The summed E-state index contributed by atoms with van der Waals surface area (Å²) < 4.78 is 11.3. The van der Waals surface area contributed by atoms with Crippen LogP contribution in [-0.4, -0.2) is 60.6 Å². The summed E-state index contributed by atoms with van der Waals surface area (Å²) in [6, 6.07) is 22.0. The van der Waals surface area contributed by atoms with Crippen molar-refractivity contribution in [3.63, 3.8) is 0 Å². The lowest BCUT2D eigenvalue weighted by atomic mass is 10.1. The minimum absolute atomic E-state index is 0.115. The number of benzene rings is 3. The van der Waals surface area contributed by atoms with E-state index in [9.17, 15) is 4.79 Å². The van der Waals surface area contributed by atoms with Crippen LogP contribution in [0.15, 0.2) is 66.7 Å². The van der Waals surface area contributed by atoms with Crippen LogP contribution in [0.4, 0.5) is 5.69 Å². The fourth-order valence-electron chi connectivity index (χ4n) is 4.21. The van der Waals surface area contributed by atoms with Gasteiger partial charge in [0, 0.05) is 44.0 Å². The molecule has 7 heteroatoms. The highest BCUT2D eigenvalue weighted by Gasteiger charge is 2.21. The van der Waals surface area contributed by atoms with Gasteiger partial charge in [-0.3, -0.25) is 9.69 Å². The van der Waals surface area contributed by atoms with Crippen molar-refractivity contribution in [3.8, 4) is 11.5 Å². The number of rotatable bonds is 8. The first-order valence-corrected chi connectivity index (χ1v) is 12.6. The summed E-state index contributed by atoms with van der Waals surface area (Å²) in [7, 11) is 1.59. The number of anilines is 1. The second kappa shape index (κ2) is 12.0. The zero-order chi connectivity index (χ0) is 25.5. The zero-order valence-corrected chi connectivity index (χ0v) is 21.9. The SMILES string of the molecule is COc1cc(C(=S)N2CCN(Cc3ccccc3)CC2)ccc1OCC(=O)Nc1ccc(C)c(C)c1. The van der Waals surface area contributed by atoms with Crippen molar-refractivity contribution in [3.05, 3.63) is 89.0 Å². The largest absolute Gasteiger partial charge is 0.493 e. The predicted octanol–water partition coefficient (Wildman–Crippen LogP) is 4.82. The number of ether oxygens (including phenoxy) is 2. The van der Waals surface area contributed by atoms with Crippen molar-refractivity contribution >= 4 is 28.8 Å². The number of nitrogens with one attached hydrogen (secondary N) is 1. The van der Waals surface area contributed by atoms with Gasteiger partial charge in [0.1, 0.15) is 4.99 Å². The number of piperazine rings is 1. The average molecular weight is 504 g/mol. The summed E-state index contributed by atoms with van der Waals surface area (Å²) in [5, 5.41) is 2.87. The fourth-order valence-corrected chi connectivity index (χ4v) is 4.52. The normalized spacial score (nSPS) is 13.8. The summed E-state index contributed by atoms with van der Waals surface area (Å²) >= 11 is 5.81. The minimum Gasteiger partial charge on any atom is -0.493 e. The number of methoxy groups -OCH3 is 1. The van der Waals surface area contributed by atoms with E-state index in [0.717, 1.165) is 54.5 Å². The predicted molar refractivity (Wildman–Crippen MR) is 148 cm³/mol. The molecule has 1 fully saturated rings. The van der Waals surface area contributed by atoms with Crippen LogP contribution in [0, 0.1) is 13.8 Å². The van der Waals surface area contributed by atoms with Crippen LogP contribution in [-0.2, 0) is 11.3 Å². The van der Waals surface area contributed by atoms with Crippen LogP contribution >= 0.6 is 12.2 Å². The topological polar surface area (TPSA) is 54.0 Å². The average Bonchev–Trinajstić information content (AvgIpc) is 2.90. The van der Waals surface area contributed by atoms with E-state index in [4.69, 9.17) is 21.7 Å². The molecule has 1 N–H and O–H groups in total. The van der Waals surface area contributed by atoms with Crippen LogP contribution in [0.3, 0.4) is 0 Å². The third-order valence-electron chi connectivity index (χ3n) is 6.47. The van der Waals surface area contributed by atoms with E-state index in [2.05, 4.69) is 39.4 Å². The van der Waals surface area contributed by atoms with Crippen molar-refractivity contribution in [2.75, 3.05) is 45.2 Å². The monoisotopic (exact) mass is 503 g/mol. The standard InChI is InChI=1S/C29H33N3O3S/c1-21-9-11-25(17-22(21)2)30-28(33)20-35-26-12-10-24(18-27(26)34-3)29(36)32-15-13-31(14-16-32)19-23-7-5-4-6-8-23/h4-12,17-18H,13-16,19-20H2,1-3H3,(H,30,33). The molecule has 1 aliphatic rings. The van der Waals surface area contributed by atoms with Crippen molar-refractivity contribution < 1.29 is 14.3 Å². The van der Waals surface area contributed by atoms with E-state index in [1.807, 2.05) is 56.3 Å². The van der Waals surface area contributed by atoms with E-state index < -0.39 is 0 Å². The van der Waals surface area contributed by atoms with Gasteiger partial charge in [0.2, 0.25) is 0 Å². The fraction of sp³-hybridized carbons (Fsp3) is 0.310. The van der Waals surface area contributed by atoms with E-state index in [-0.39, 0.29) is 12.5 Å². The summed E-state index contributed by atoms with van der Waals surface area (Å²) in [5.41, 5.74) is 5.30. The van der Waals surface area contributed by atoms with Crippen molar-refractivity contribution in [1.82, 2.24) is 9.80 Å². The Balaban J connectivity index is 1.31. The van der Waals surface area contributed by atoms with E-state index in [1.165, 1.54) is 11.1 Å². The Labute approximate surface area is 218 Å². The number of carbonyl (C=O) groups is 1.